The topological polar surface area (TPSA) is 115 Å². The Morgan fingerprint density at radius 3 is 2.14 bits per heavy atom. The predicted octanol–water partition coefficient (Wildman–Crippen LogP) is 5.85. The maximum absolute atomic E-state index is 13.4. The number of rotatable bonds is 12. The van der Waals surface area contributed by atoms with Crippen LogP contribution in [0.2, 0.25) is 0 Å². The van der Waals surface area contributed by atoms with Gasteiger partial charge in [0.05, 0.1) is 32.8 Å². The van der Waals surface area contributed by atoms with Gasteiger partial charge in [0.25, 0.3) is 11.8 Å². The van der Waals surface area contributed by atoms with E-state index < -0.39 is 11.8 Å². The van der Waals surface area contributed by atoms with Crippen LogP contribution in [-0.2, 0) is 9.59 Å². The lowest BCUT2D eigenvalue weighted by Crippen LogP contribution is -2.30. The van der Waals surface area contributed by atoms with Gasteiger partial charge in [0.2, 0.25) is 5.91 Å². The van der Waals surface area contributed by atoms with Crippen molar-refractivity contribution in [3.05, 3.63) is 114 Å². The lowest BCUT2D eigenvalue weighted by atomic mass is 10.1. The molecule has 9 nitrogen and oxygen atoms in total. The van der Waals surface area contributed by atoms with Gasteiger partial charge in [-0.05, 0) is 72.8 Å². The summed E-state index contributed by atoms with van der Waals surface area (Å²) in [5.41, 5.74) is 2.05. The molecule has 4 aromatic carbocycles. The van der Waals surface area contributed by atoms with Gasteiger partial charge in [-0.25, -0.2) is 0 Å². The van der Waals surface area contributed by atoms with Crippen molar-refractivity contribution in [1.82, 2.24) is 5.32 Å². The molecule has 0 aliphatic carbocycles. The number of thioether (sulfide) groups is 1. The van der Waals surface area contributed by atoms with Gasteiger partial charge in [0, 0.05) is 21.7 Å². The second-order valence-electron chi connectivity index (χ2n) is 9.00. The molecule has 0 aliphatic rings. The number of para-hydroxylation sites is 2. The molecule has 220 valence electrons. The van der Waals surface area contributed by atoms with Gasteiger partial charge >= 0.3 is 0 Å². The Morgan fingerprint density at radius 1 is 0.744 bits per heavy atom. The van der Waals surface area contributed by atoms with Gasteiger partial charge < -0.3 is 30.2 Å². The molecule has 0 aliphatic heterocycles. The van der Waals surface area contributed by atoms with E-state index in [1.54, 1.807) is 92.0 Å². The Kier molecular flexibility index (Phi) is 10.8. The van der Waals surface area contributed by atoms with Crippen molar-refractivity contribution in [3.8, 4) is 17.2 Å². The molecule has 0 spiro atoms. The van der Waals surface area contributed by atoms with E-state index in [0.717, 1.165) is 4.90 Å². The molecule has 0 heterocycles. The summed E-state index contributed by atoms with van der Waals surface area (Å²) in [6.45, 7) is 0. The molecule has 3 amide bonds. The lowest BCUT2D eigenvalue weighted by Gasteiger charge is -2.13. The number of hydrogen-bond acceptors (Lipinski definition) is 7. The first-order valence-corrected chi connectivity index (χ1v) is 14.2. The molecule has 0 saturated heterocycles. The standard InChI is InChI=1S/C33H31N3O6S/c1-40-25-15-18-29(41-2)23(19-25)20-28(36-32(38)22-9-5-4-6-10-22)33(39)34-24-13-16-26(17-14-24)43-21-31(37)35-27-11-7-8-12-30(27)42-3/h4-20H,21H2,1-3H3,(H,34,39)(H,35,37)(H,36,38)/b28-20-. The van der Waals surface area contributed by atoms with Crippen LogP contribution in [0.25, 0.3) is 6.08 Å². The van der Waals surface area contributed by atoms with E-state index in [2.05, 4.69) is 16.0 Å². The fraction of sp³-hybridized carbons (Fsp3) is 0.121. The molecule has 4 aromatic rings. The molecule has 0 saturated carbocycles. The summed E-state index contributed by atoms with van der Waals surface area (Å²) in [5, 5.41) is 8.39. The molecule has 0 bridgehead atoms. The van der Waals surface area contributed by atoms with Crippen LogP contribution in [-0.4, -0.2) is 44.8 Å². The van der Waals surface area contributed by atoms with Gasteiger partial charge in [0.15, 0.2) is 0 Å². The summed E-state index contributed by atoms with van der Waals surface area (Å²) >= 11 is 1.35. The molecule has 0 unspecified atom stereocenters. The fourth-order valence-corrected chi connectivity index (χ4v) is 4.66. The molecular formula is C33H31N3O6S. The SMILES string of the molecule is COc1ccc(OC)c(/C=C(\NC(=O)c2ccccc2)C(=O)Nc2ccc(SCC(=O)Nc3ccccc3OC)cc2)c1. The molecule has 10 heteroatoms. The first kappa shape index (κ1) is 30.7. The van der Waals surface area contributed by atoms with Crippen molar-refractivity contribution >= 4 is 46.9 Å². The van der Waals surface area contributed by atoms with Gasteiger partial charge in [-0.2, -0.15) is 0 Å². The Bertz CT molecular complexity index is 1610. The number of benzene rings is 4. The number of ether oxygens (including phenoxy) is 3. The van der Waals surface area contributed by atoms with Crippen LogP contribution >= 0.6 is 11.8 Å². The number of anilines is 2. The van der Waals surface area contributed by atoms with E-state index >= 15 is 0 Å². The summed E-state index contributed by atoms with van der Waals surface area (Å²) < 4.78 is 16.0. The minimum Gasteiger partial charge on any atom is -0.497 e. The van der Waals surface area contributed by atoms with E-state index in [1.165, 1.54) is 32.1 Å². The van der Waals surface area contributed by atoms with Crippen molar-refractivity contribution < 1.29 is 28.6 Å². The van der Waals surface area contributed by atoms with Crippen molar-refractivity contribution in [2.24, 2.45) is 0 Å². The van der Waals surface area contributed by atoms with Gasteiger partial charge in [-0.1, -0.05) is 30.3 Å². The lowest BCUT2D eigenvalue weighted by molar-refractivity contribution is -0.114. The Hall–Kier alpha value is -5.22. The van der Waals surface area contributed by atoms with Crippen LogP contribution in [0.1, 0.15) is 15.9 Å². The highest BCUT2D eigenvalue weighted by molar-refractivity contribution is 8.00. The molecule has 43 heavy (non-hydrogen) atoms. The summed E-state index contributed by atoms with van der Waals surface area (Å²) in [4.78, 5) is 39.7. The Balaban J connectivity index is 1.46. The summed E-state index contributed by atoms with van der Waals surface area (Å²) in [6.07, 6.45) is 1.53. The quantitative estimate of drug-likeness (QED) is 0.139. The first-order valence-electron chi connectivity index (χ1n) is 13.2. The molecule has 3 N–H and O–H groups in total. The van der Waals surface area contributed by atoms with Crippen LogP contribution < -0.4 is 30.2 Å². The minimum atomic E-state index is -0.536. The molecule has 0 atom stereocenters. The maximum Gasteiger partial charge on any atom is 0.272 e. The average Bonchev–Trinajstić information content (AvgIpc) is 3.04. The summed E-state index contributed by atoms with van der Waals surface area (Å²) in [6, 6.07) is 28.0. The van der Waals surface area contributed by atoms with Crippen LogP contribution in [0.15, 0.2) is 108 Å². The van der Waals surface area contributed by atoms with E-state index in [1.807, 2.05) is 12.1 Å². The zero-order valence-electron chi connectivity index (χ0n) is 23.9. The minimum absolute atomic E-state index is 0.00636. The van der Waals surface area contributed by atoms with Crippen LogP contribution in [0, 0.1) is 0 Å². The van der Waals surface area contributed by atoms with Gasteiger partial charge in [-0.15, -0.1) is 11.8 Å². The number of methoxy groups -OCH3 is 3. The highest BCUT2D eigenvalue weighted by atomic mass is 32.2. The van der Waals surface area contributed by atoms with Crippen LogP contribution in [0.4, 0.5) is 11.4 Å². The van der Waals surface area contributed by atoms with Crippen molar-refractivity contribution in [2.75, 3.05) is 37.7 Å². The number of hydrogen-bond donors (Lipinski definition) is 3. The van der Waals surface area contributed by atoms with Gasteiger partial charge in [0.1, 0.15) is 22.9 Å². The van der Waals surface area contributed by atoms with E-state index in [-0.39, 0.29) is 17.4 Å². The molecular weight excluding hydrogens is 566 g/mol. The summed E-state index contributed by atoms with van der Waals surface area (Å²) in [5.74, 6) is 0.669. The van der Waals surface area contributed by atoms with E-state index in [0.29, 0.717) is 39.8 Å². The van der Waals surface area contributed by atoms with E-state index in [9.17, 15) is 14.4 Å². The highest BCUT2D eigenvalue weighted by Gasteiger charge is 2.17. The molecule has 0 fully saturated rings. The zero-order valence-corrected chi connectivity index (χ0v) is 24.7. The highest BCUT2D eigenvalue weighted by Crippen LogP contribution is 2.27. The number of carbonyl (C=O) groups excluding carboxylic acids is 3. The Morgan fingerprint density at radius 2 is 1.44 bits per heavy atom. The predicted molar refractivity (Wildman–Crippen MR) is 169 cm³/mol. The number of carbonyl (C=O) groups is 3. The summed E-state index contributed by atoms with van der Waals surface area (Å²) in [7, 11) is 4.60. The monoisotopic (exact) mass is 597 g/mol. The average molecular weight is 598 g/mol. The largest absolute Gasteiger partial charge is 0.497 e. The first-order chi connectivity index (χ1) is 20.9. The normalized spacial score (nSPS) is 10.8. The van der Waals surface area contributed by atoms with E-state index in [4.69, 9.17) is 14.2 Å². The number of amides is 3. The fourth-order valence-electron chi connectivity index (χ4n) is 3.97. The second-order valence-corrected chi connectivity index (χ2v) is 10.1. The Labute approximate surface area is 254 Å². The molecule has 0 radical (unpaired) electrons. The van der Waals surface area contributed by atoms with Crippen molar-refractivity contribution in [3.63, 3.8) is 0 Å². The van der Waals surface area contributed by atoms with Crippen molar-refractivity contribution in [2.45, 2.75) is 4.90 Å². The van der Waals surface area contributed by atoms with Crippen LogP contribution in [0.3, 0.4) is 0 Å². The third-order valence-corrected chi connectivity index (χ3v) is 7.14. The molecule has 4 rings (SSSR count). The number of nitrogens with one attached hydrogen (secondary N) is 3. The smallest absolute Gasteiger partial charge is 0.272 e. The third-order valence-electron chi connectivity index (χ3n) is 6.13. The maximum atomic E-state index is 13.4. The van der Waals surface area contributed by atoms with Crippen molar-refractivity contribution in [1.29, 1.82) is 0 Å². The van der Waals surface area contributed by atoms with Crippen LogP contribution in [0.5, 0.6) is 17.2 Å². The second kappa shape index (κ2) is 15.1. The molecule has 0 aromatic heterocycles. The zero-order chi connectivity index (χ0) is 30.6. The third kappa shape index (κ3) is 8.64. The van der Waals surface area contributed by atoms with Gasteiger partial charge in [-0.3, -0.25) is 14.4 Å².